The first-order valence-electron chi connectivity index (χ1n) is 7.75. The molecule has 0 saturated carbocycles. The third kappa shape index (κ3) is 6.33. The second kappa shape index (κ2) is 9.36. The van der Waals surface area contributed by atoms with Crippen LogP contribution in [0.15, 0.2) is 0 Å². The average Bonchev–Trinajstić information content (AvgIpc) is 2.48. The molecule has 0 unspecified atom stereocenters. The van der Waals surface area contributed by atoms with Crippen molar-refractivity contribution < 1.29 is 42.9 Å². The molecule has 0 aromatic carbocycles. The van der Waals surface area contributed by atoms with E-state index in [4.69, 9.17) is 23.7 Å². The molecule has 1 radical (unpaired) electrons. The molecule has 0 spiro atoms. The van der Waals surface area contributed by atoms with Gasteiger partial charge in [0, 0.05) is 27.7 Å². The summed E-state index contributed by atoms with van der Waals surface area (Å²) in [5.74, 6) is -2.49. The highest BCUT2D eigenvalue weighted by Crippen LogP contribution is 2.30. The van der Waals surface area contributed by atoms with Crippen molar-refractivity contribution >= 4 is 23.9 Å². The molecule has 1 saturated heterocycles. The van der Waals surface area contributed by atoms with Crippen LogP contribution in [0.25, 0.3) is 0 Å². The third-order valence-electron chi connectivity index (χ3n) is 3.37. The molecular weight excluding hydrogens is 336 g/mol. The normalized spacial score (nSPS) is 28.6. The van der Waals surface area contributed by atoms with Gasteiger partial charge in [0.25, 0.3) is 0 Å². The van der Waals surface area contributed by atoms with E-state index in [2.05, 4.69) is 6.92 Å². The lowest BCUT2D eigenvalue weighted by Crippen LogP contribution is -2.62. The number of carbonyl (C=O) groups is 4. The van der Waals surface area contributed by atoms with Gasteiger partial charge in [0.15, 0.2) is 18.3 Å². The molecule has 1 fully saturated rings. The Hall–Kier alpha value is -2.16. The lowest BCUT2D eigenvalue weighted by Gasteiger charge is -2.44. The molecule has 0 N–H and O–H groups in total. The molecule has 1 heterocycles. The highest BCUT2D eigenvalue weighted by molar-refractivity contribution is 5.68. The minimum absolute atomic E-state index is 0.180. The number of carbonyl (C=O) groups excluding carboxylic acids is 4. The molecule has 9 heteroatoms. The molecule has 25 heavy (non-hydrogen) atoms. The van der Waals surface area contributed by atoms with Crippen molar-refractivity contribution in [1.82, 2.24) is 0 Å². The molecule has 9 nitrogen and oxygen atoms in total. The van der Waals surface area contributed by atoms with Crippen molar-refractivity contribution in [2.24, 2.45) is 0 Å². The summed E-state index contributed by atoms with van der Waals surface area (Å²) in [6, 6.07) is 0. The van der Waals surface area contributed by atoms with Gasteiger partial charge in [0.1, 0.15) is 12.7 Å². The Labute approximate surface area is 145 Å². The molecule has 0 bridgehead atoms. The highest BCUT2D eigenvalue weighted by atomic mass is 16.7. The molecule has 0 aromatic heterocycles. The van der Waals surface area contributed by atoms with Gasteiger partial charge in [0.2, 0.25) is 0 Å². The first-order chi connectivity index (χ1) is 11.6. The molecule has 5 atom stereocenters. The molecule has 141 valence electrons. The SMILES string of the molecule is [CH2]C[C@@H]1O[C@H](COC(C)=O)[C@H](OC(C)=O)[C@H](OC(C)=O)[C@H]1OC(C)=O. The average molecular weight is 359 g/mol. The Morgan fingerprint density at radius 1 is 0.760 bits per heavy atom. The number of hydrogen-bond acceptors (Lipinski definition) is 9. The molecular formula is C16H23O9. The largest absolute Gasteiger partial charge is 0.463 e. The van der Waals surface area contributed by atoms with Gasteiger partial charge in [-0.05, 0) is 6.42 Å². The summed E-state index contributed by atoms with van der Waals surface area (Å²) in [4.78, 5) is 45.5. The van der Waals surface area contributed by atoms with Gasteiger partial charge in [-0.2, -0.15) is 0 Å². The lowest BCUT2D eigenvalue weighted by atomic mass is 9.93. The smallest absolute Gasteiger partial charge is 0.303 e. The van der Waals surface area contributed by atoms with Crippen LogP contribution in [0.3, 0.4) is 0 Å². The van der Waals surface area contributed by atoms with E-state index in [1.807, 2.05) is 0 Å². The highest BCUT2D eigenvalue weighted by Gasteiger charge is 2.51. The van der Waals surface area contributed by atoms with E-state index in [0.717, 1.165) is 0 Å². The van der Waals surface area contributed by atoms with Gasteiger partial charge in [0.05, 0.1) is 6.10 Å². The summed E-state index contributed by atoms with van der Waals surface area (Å²) in [5, 5.41) is 0. The first kappa shape index (κ1) is 20.9. The van der Waals surface area contributed by atoms with E-state index in [1.165, 1.54) is 27.7 Å². The monoisotopic (exact) mass is 359 g/mol. The van der Waals surface area contributed by atoms with Crippen LogP contribution in [0.4, 0.5) is 0 Å². The number of hydrogen-bond donors (Lipinski definition) is 0. The number of ether oxygens (including phenoxy) is 5. The zero-order valence-corrected chi connectivity index (χ0v) is 14.7. The van der Waals surface area contributed by atoms with Crippen molar-refractivity contribution in [3.63, 3.8) is 0 Å². The van der Waals surface area contributed by atoms with E-state index >= 15 is 0 Å². The fourth-order valence-electron chi connectivity index (χ4n) is 2.55. The van der Waals surface area contributed by atoms with Gasteiger partial charge in [-0.25, -0.2) is 0 Å². The van der Waals surface area contributed by atoms with Crippen LogP contribution in [0.1, 0.15) is 34.1 Å². The van der Waals surface area contributed by atoms with Crippen LogP contribution < -0.4 is 0 Å². The summed E-state index contributed by atoms with van der Waals surface area (Å²) in [6.45, 7) is 8.24. The lowest BCUT2D eigenvalue weighted by molar-refractivity contribution is -0.251. The van der Waals surface area contributed by atoms with Gasteiger partial charge < -0.3 is 23.7 Å². The van der Waals surface area contributed by atoms with Crippen LogP contribution in [0, 0.1) is 6.92 Å². The molecule has 0 amide bonds. The Morgan fingerprint density at radius 3 is 1.60 bits per heavy atom. The molecule has 0 aromatic rings. The fourth-order valence-corrected chi connectivity index (χ4v) is 2.55. The minimum Gasteiger partial charge on any atom is -0.463 e. The van der Waals surface area contributed by atoms with Crippen molar-refractivity contribution in [3.05, 3.63) is 6.92 Å². The molecule has 0 aliphatic carbocycles. The second-order valence-corrected chi connectivity index (χ2v) is 5.53. The van der Waals surface area contributed by atoms with Crippen LogP contribution >= 0.6 is 0 Å². The number of rotatable bonds is 6. The van der Waals surface area contributed by atoms with Crippen LogP contribution in [0.5, 0.6) is 0 Å². The standard InChI is InChI=1S/C16H23O9/c1-6-12-14(22-9(3)18)16(24-11(5)20)15(23-10(4)19)13(25-12)7-21-8(2)17/h12-16H,1,6-7H2,2-5H3/t12-,13+,14-,15-,16+/m0/s1. The topological polar surface area (TPSA) is 114 Å². The zero-order chi connectivity index (χ0) is 19.1. The van der Waals surface area contributed by atoms with Crippen molar-refractivity contribution in [1.29, 1.82) is 0 Å². The zero-order valence-electron chi connectivity index (χ0n) is 14.7. The van der Waals surface area contributed by atoms with Crippen LogP contribution in [0.2, 0.25) is 0 Å². The quantitative estimate of drug-likeness (QED) is 0.489. The molecule has 1 aliphatic rings. The van der Waals surface area contributed by atoms with Crippen molar-refractivity contribution in [2.75, 3.05) is 6.61 Å². The van der Waals surface area contributed by atoms with Crippen LogP contribution in [-0.2, 0) is 42.9 Å². The van der Waals surface area contributed by atoms with Crippen molar-refractivity contribution in [3.8, 4) is 0 Å². The minimum atomic E-state index is -1.12. The Balaban J connectivity index is 3.18. The van der Waals surface area contributed by atoms with E-state index in [-0.39, 0.29) is 13.0 Å². The summed E-state index contributed by atoms with van der Waals surface area (Å²) in [5.41, 5.74) is 0. The van der Waals surface area contributed by atoms with Gasteiger partial charge in [-0.3, -0.25) is 19.2 Å². The summed E-state index contributed by atoms with van der Waals surface area (Å²) < 4.78 is 26.3. The Kier molecular flexibility index (Phi) is 7.82. The van der Waals surface area contributed by atoms with E-state index in [0.29, 0.717) is 0 Å². The Morgan fingerprint density at radius 2 is 1.20 bits per heavy atom. The van der Waals surface area contributed by atoms with Crippen molar-refractivity contribution in [2.45, 2.75) is 64.6 Å². The van der Waals surface area contributed by atoms with E-state index in [1.54, 1.807) is 0 Å². The maximum Gasteiger partial charge on any atom is 0.303 e. The summed E-state index contributed by atoms with van der Waals surface area (Å²) in [6.07, 6.45) is -4.72. The Bertz CT molecular complexity index is 516. The maximum absolute atomic E-state index is 11.5. The first-order valence-corrected chi connectivity index (χ1v) is 7.75. The fraction of sp³-hybridized carbons (Fsp3) is 0.688. The van der Waals surface area contributed by atoms with Gasteiger partial charge >= 0.3 is 23.9 Å². The van der Waals surface area contributed by atoms with Gasteiger partial charge in [-0.1, -0.05) is 6.92 Å². The van der Waals surface area contributed by atoms with E-state index in [9.17, 15) is 19.2 Å². The summed E-state index contributed by atoms with van der Waals surface area (Å²) in [7, 11) is 0. The second-order valence-electron chi connectivity index (χ2n) is 5.53. The molecule has 1 rings (SSSR count). The maximum atomic E-state index is 11.5. The predicted molar refractivity (Wildman–Crippen MR) is 81.9 cm³/mol. The van der Waals surface area contributed by atoms with Crippen LogP contribution in [-0.4, -0.2) is 61.0 Å². The third-order valence-corrected chi connectivity index (χ3v) is 3.37. The number of esters is 4. The van der Waals surface area contributed by atoms with E-state index < -0.39 is 54.4 Å². The molecule has 1 aliphatic heterocycles. The summed E-state index contributed by atoms with van der Waals surface area (Å²) >= 11 is 0. The predicted octanol–water partition coefficient (Wildman–Crippen LogP) is 0.336. The van der Waals surface area contributed by atoms with Gasteiger partial charge in [-0.15, -0.1) is 0 Å².